The van der Waals surface area contributed by atoms with Crippen LogP contribution in [0.3, 0.4) is 0 Å². The summed E-state index contributed by atoms with van der Waals surface area (Å²) < 4.78 is 25.2. The fourth-order valence-corrected chi connectivity index (χ4v) is 6.30. The first-order valence-electron chi connectivity index (χ1n) is 13.0. The number of aromatic amines is 1. The van der Waals surface area contributed by atoms with E-state index in [0.29, 0.717) is 49.3 Å². The number of pyridine rings is 1. The fraction of sp³-hybridized carbons (Fsp3) is 0.615. The smallest absolute Gasteiger partial charge is 0.272 e. The Kier molecular flexibility index (Phi) is 6.15. The van der Waals surface area contributed by atoms with E-state index in [-0.39, 0.29) is 40.8 Å². The van der Waals surface area contributed by atoms with Crippen LogP contribution in [0.25, 0.3) is 11.3 Å². The lowest BCUT2D eigenvalue weighted by Crippen LogP contribution is -2.56. The van der Waals surface area contributed by atoms with Gasteiger partial charge in [-0.15, -0.1) is 0 Å². The third-order valence-electron chi connectivity index (χ3n) is 8.68. The van der Waals surface area contributed by atoms with Gasteiger partial charge in [-0.3, -0.25) is 14.7 Å². The van der Waals surface area contributed by atoms with Gasteiger partial charge in [-0.1, -0.05) is 0 Å². The van der Waals surface area contributed by atoms with Crippen LogP contribution >= 0.6 is 0 Å². The number of hydrogen-bond donors (Lipinski definition) is 2. The monoisotopic (exact) mass is 512 g/mol. The van der Waals surface area contributed by atoms with Gasteiger partial charge >= 0.3 is 0 Å². The van der Waals surface area contributed by atoms with E-state index in [4.69, 9.17) is 9.47 Å². The Bertz CT molecular complexity index is 1200. The van der Waals surface area contributed by atoms with E-state index < -0.39 is 5.82 Å². The van der Waals surface area contributed by atoms with E-state index in [1.807, 2.05) is 4.90 Å². The molecule has 198 valence electrons. The van der Waals surface area contributed by atoms with Crippen LogP contribution in [-0.2, 0) is 9.53 Å². The van der Waals surface area contributed by atoms with E-state index in [0.717, 1.165) is 38.6 Å². The molecule has 7 rings (SSSR count). The van der Waals surface area contributed by atoms with Crippen LogP contribution in [0.4, 0.5) is 4.39 Å². The molecule has 2 unspecified atom stereocenters. The zero-order chi connectivity index (χ0) is 25.7. The summed E-state index contributed by atoms with van der Waals surface area (Å²) in [7, 11) is 3.58. The predicted molar refractivity (Wildman–Crippen MR) is 131 cm³/mol. The standard InChI is InChI=1S/C26H33FN6O4/c1-32-12-16-13-37-14-17(32)7-20(16)29-24(34)15-3-6-33(26(10-15)4-5-26)25(35)22-9-21(30-31-22)18-8-23(36-2)28-11-19(18)27/h8-9,11,15-17,20H,3-7,10,12-14H2,1-2H3,(H,29,34)(H,30,31)/t15-,16?,17?,20-/m0/s1. The Morgan fingerprint density at radius 3 is 2.92 bits per heavy atom. The van der Waals surface area contributed by atoms with Crippen LogP contribution in [0.2, 0.25) is 0 Å². The largest absolute Gasteiger partial charge is 0.481 e. The Morgan fingerprint density at radius 1 is 1.30 bits per heavy atom. The second kappa shape index (κ2) is 9.36. The summed E-state index contributed by atoms with van der Waals surface area (Å²) in [5.74, 6) is -0.147. The van der Waals surface area contributed by atoms with Gasteiger partial charge in [-0.05, 0) is 45.2 Å². The molecule has 2 amide bonds. The zero-order valence-corrected chi connectivity index (χ0v) is 21.2. The number of piperidine rings is 2. The molecule has 6 heterocycles. The summed E-state index contributed by atoms with van der Waals surface area (Å²) >= 11 is 0. The van der Waals surface area contributed by atoms with Gasteiger partial charge in [0.05, 0.1) is 32.2 Å². The molecule has 4 atom stereocenters. The topological polar surface area (TPSA) is 113 Å². The summed E-state index contributed by atoms with van der Waals surface area (Å²) in [6.45, 7) is 2.85. The number of nitrogens with one attached hydrogen (secondary N) is 2. The van der Waals surface area contributed by atoms with E-state index in [2.05, 4.69) is 32.4 Å². The first-order valence-corrected chi connectivity index (χ1v) is 13.0. The van der Waals surface area contributed by atoms with Crippen molar-refractivity contribution in [2.45, 2.75) is 49.7 Å². The number of methoxy groups -OCH3 is 1. The average Bonchev–Trinajstić information content (AvgIpc) is 3.57. The molecule has 2 aromatic heterocycles. The third-order valence-corrected chi connectivity index (χ3v) is 8.68. The second-order valence-electron chi connectivity index (χ2n) is 11.0. The summed E-state index contributed by atoms with van der Waals surface area (Å²) in [5.41, 5.74) is 0.535. The molecular weight excluding hydrogens is 479 g/mol. The number of ether oxygens (including phenoxy) is 2. The molecule has 11 heteroatoms. The molecule has 2 N–H and O–H groups in total. The van der Waals surface area contributed by atoms with E-state index in [9.17, 15) is 14.0 Å². The number of amides is 2. The molecule has 2 bridgehead atoms. The van der Waals surface area contributed by atoms with Gasteiger partial charge in [0.25, 0.3) is 5.91 Å². The zero-order valence-electron chi connectivity index (χ0n) is 21.2. The molecule has 1 saturated carbocycles. The van der Waals surface area contributed by atoms with E-state index >= 15 is 0 Å². The molecule has 1 spiro atoms. The average molecular weight is 513 g/mol. The van der Waals surface area contributed by atoms with Crippen LogP contribution < -0.4 is 10.1 Å². The number of aromatic nitrogens is 3. The number of likely N-dealkylation sites (N-methyl/N-ethyl adjacent to an activating group) is 1. The maximum absolute atomic E-state index is 14.4. The number of carbonyl (C=O) groups is 2. The maximum atomic E-state index is 14.4. The number of carbonyl (C=O) groups excluding carboxylic acids is 2. The predicted octanol–water partition coefficient (Wildman–Crippen LogP) is 1.84. The van der Waals surface area contributed by atoms with Crippen molar-refractivity contribution < 1.29 is 23.5 Å². The maximum Gasteiger partial charge on any atom is 0.272 e. The lowest BCUT2D eigenvalue weighted by Gasteiger charge is -2.42. The Morgan fingerprint density at radius 2 is 2.14 bits per heavy atom. The van der Waals surface area contributed by atoms with Crippen LogP contribution in [0.5, 0.6) is 5.88 Å². The first kappa shape index (κ1) is 24.3. The molecular formula is C26H33FN6O4. The Labute approximate surface area is 214 Å². The minimum absolute atomic E-state index is 0.101. The minimum Gasteiger partial charge on any atom is -0.481 e. The van der Waals surface area contributed by atoms with Crippen molar-refractivity contribution in [3.05, 3.63) is 29.8 Å². The number of likely N-dealkylation sites (tertiary alicyclic amines) is 1. The Balaban J connectivity index is 1.12. The second-order valence-corrected chi connectivity index (χ2v) is 11.0. The van der Waals surface area contributed by atoms with Crippen molar-refractivity contribution in [1.29, 1.82) is 0 Å². The number of nitrogens with zero attached hydrogens (tertiary/aromatic N) is 4. The molecule has 4 saturated heterocycles. The van der Waals surface area contributed by atoms with Crippen molar-refractivity contribution in [2.75, 3.05) is 40.5 Å². The van der Waals surface area contributed by atoms with Gasteiger partial charge in [0.2, 0.25) is 11.8 Å². The van der Waals surface area contributed by atoms with Crippen molar-refractivity contribution in [2.24, 2.45) is 11.8 Å². The van der Waals surface area contributed by atoms with Crippen LogP contribution in [0.1, 0.15) is 42.6 Å². The molecule has 5 aliphatic rings. The Hall–Kier alpha value is -3.05. The molecule has 0 aromatic carbocycles. The highest BCUT2D eigenvalue weighted by Crippen LogP contribution is 2.50. The highest BCUT2D eigenvalue weighted by molar-refractivity contribution is 5.94. The molecule has 5 fully saturated rings. The highest BCUT2D eigenvalue weighted by Gasteiger charge is 2.55. The van der Waals surface area contributed by atoms with Crippen LogP contribution in [0.15, 0.2) is 18.3 Å². The lowest BCUT2D eigenvalue weighted by molar-refractivity contribution is -0.128. The summed E-state index contributed by atoms with van der Waals surface area (Å²) in [6, 6.07) is 3.51. The molecule has 1 aliphatic carbocycles. The van der Waals surface area contributed by atoms with Gasteiger partial charge in [-0.2, -0.15) is 5.10 Å². The number of fused-ring (bicyclic) bond motifs is 4. The lowest BCUT2D eigenvalue weighted by atomic mass is 9.85. The third kappa shape index (κ3) is 4.48. The first-order chi connectivity index (χ1) is 17.9. The van der Waals surface area contributed by atoms with Gasteiger partial charge < -0.3 is 24.6 Å². The normalized spacial score (nSPS) is 28.7. The molecule has 37 heavy (non-hydrogen) atoms. The summed E-state index contributed by atoms with van der Waals surface area (Å²) in [5, 5.41) is 10.3. The van der Waals surface area contributed by atoms with E-state index in [1.54, 1.807) is 6.07 Å². The van der Waals surface area contributed by atoms with Gasteiger partial charge in [0.15, 0.2) is 5.82 Å². The highest BCUT2D eigenvalue weighted by atomic mass is 19.1. The van der Waals surface area contributed by atoms with Crippen molar-refractivity contribution in [3.8, 4) is 17.1 Å². The van der Waals surface area contributed by atoms with Crippen molar-refractivity contribution in [1.82, 2.24) is 30.3 Å². The molecule has 2 aromatic rings. The van der Waals surface area contributed by atoms with Crippen molar-refractivity contribution in [3.63, 3.8) is 0 Å². The minimum atomic E-state index is -0.545. The number of hydrogen-bond acceptors (Lipinski definition) is 7. The van der Waals surface area contributed by atoms with E-state index in [1.165, 1.54) is 13.2 Å². The molecule has 4 aliphatic heterocycles. The fourth-order valence-electron chi connectivity index (χ4n) is 6.30. The van der Waals surface area contributed by atoms with Crippen LogP contribution in [0, 0.1) is 17.7 Å². The van der Waals surface area contributed by atoms with Gasteiger partial charge in [-0.25, -0.2) is 9.37 Å². The van der Waals surface area contributed by atoms with Crippen molar-refractivity contribution >= 4 is 11.8 Å². The van der Waals surface area contributed by atoms with Gasteiger partial charge in [0.1, 0.15) is 5.69 Å². The number of H-pyrrole nitrogens is 1. The molecule has 0 radical (unpaired) electrons. The summed E-state index contributed by atoms with van der Waals surface area (Å²) in [4.78, 5) is 34.8. The van der Waals surface area contributed by atoms with Crippen LogP contribution in [-0.4, -0.2) is 94.9 Å². The number of rotatable bonds is 5. The van der Waals surface area contributed by atoms with Gasteiger partial charge in [0, 0.05) is 54.2 Å². The SMILES string of the molecule is COc1cc(-c2cc(C(=O)N3CC[C@H](C(=O)N[C@H]4CC5COCC4CN5C)CC34CC4)[nH]n2)c(F)cn1. The molecule has 10 nitrogen and oxygen atoms in total. The summed E-state index contributed by atoms with van der Waals surface area (Å²) in [6.07, 6.45) is 5.04. The number of halogens is 1. The quantitative estimate of drug-likeness (QED) is 0.629.